The molecule has 0 bridgehead atoms. The van der Waals surface area contributed by atoms with Gasteiger partial charge in [0.25, 0.3) is 0 Å². The number of carbonyl (C=O) groups is 1. The van der Waals surface area contributed by atoms with Gasteiger partial charge in [0.1, 0.15) is 0 Å². The molecule has 118 valence electrons. The third kappa shape index (κ3) is 5.50. The Bertz CT molecular complexity index is 445. The number of hydrogen-bond donors (Lipinski definition) is 2. The lowest BCUT2D eigenvalue weighted by molar-refractivity contribution is -0.122. The van der Waals surface area contributed by atoms with E-state index in [9.17, 15) is 4.79 Å². The molecule has 3 nitrogen and oxygen atoms in total. The van der Waals surface area contributed by atoms with Crippen molar-refractivity contribution in [2.75, 3.05) is 6.54 Å². The molecular formula is C18H30N2O. The molecule has 1 amide bonds. The standard InChI is InChI=1S/C18H30N2O/c1-7-12-19-17(21)14(3)20-13(2)15-8-10-16(11-9-15)18(4,5)6/h8-11,13-14,20H,7,12H2,1-6H3,(H,19,21). The monoisotopic (exact) mass is 290 g/mol. The molecule has 3 heteroatoms. The van der Waals surface area contributed by atoms with Gasteiger partial charge in [-0.2, -0.15) is 0 Å². The average Bonchev–Trinajstić information content (AvgIpc) is 2.43. The maximum absolute atomic E-state index is 11.9. The fourth-order valence-corrected chi connectivity index (χ4v) is 2.22. The van der Waals surface area contributed by atoms with Crippen molar-refractivity contribution in [1.29, 1.82) is 0 Å². The van der Waals surface area contributed by atoms with Crippen LogP contribution in [-0.4, -0.2) is 18.5 Å². The largest absolute Gasteiger partial charge is 0.355 e. The highest BCUT2D eigenvalue weighted by Crippen LogP contribution is 2.24. The molecule has 21 heavy (non-hydrogen) atoms. The van der Waals surface area contributed by atoms with Crippen molar-refractivity contribution >= 4 is 5.91 Å². The van der Waals surface area contributed by atoms with Crippen molar-refractivity contribution in [2.45, 2.75) is 65.5 Å². The lowest BCUT2D eigenvalue weighted by Crippen LogP contribution is -2.43. The van der Waals surface area contributed by atoms with E-state index in [1.54, 1.807) is 0 Å². The van der Waals surface area contributed by atoms with Crippen molar-refractivity contribution in [2.24, 2.45) is 0 Å². The molecule has 0 saturated heterocycles. The summed E-state index contributed by atoms with van der Waals surface area (Å²) in [5.41, 5.74) is 2.70. The molecule has 0 aliphatic heterocycles. The Morgan fingerprint density at radius 1 is 1.14 bits per heavy atom. The fourth-order valence-electron chi connectivity index (χ4n) is 2.22. The summed E-state index contributed by atoms with van der Waals surface area (Å²) in [7, 11) is 0. The van der Waals surface area contributed by atoms with Gasteiger partial charge in [-0.15, -0.1) is 0 Å². The second-order valence-corrected chi connectivity index (χ2v) is 6.77. The van der Waals surface area contributed by atoms with Crippen molar-refractivity contribution in [3.63, 3.8) is 0 Å². The van der Waals surface area contributed by atoms with E-state index in [0.717, 1.165) is 13.0 Å². The quantitative estimate of drug-likeness (QED) is 0.841. The average molecular weight is 290 g/mol. The molecular weight excluding hydrogens is 260 g/mol. The van der Waals surface area contributed by atoms with Gasteiger partial charge in [0.15, 0.2) is 0 Å². The van der Waals surface area contributed by atoms with Crippen LogP contribution in [0.15, 0.2) is 24.3 Å². The Hall–Kier alpha value is -1.35. The zero-order valence-electron chi connectivity index (χ0n) is 14.3. The molecule has 1 rings (SSSR count). The van der Waals surface area contributed by atoms with Gasteiger partial charge in [0.05, 0.1) is 6.04 Å². The van der Waals surface area contributed by atoms with E-state index in [-0.39, 0.29) is 23.4 Å². The Morgan fingerprint density at radius 3 is 2.19 bits per heavy atom. The Labute approximate surface area is 129 Å². The molecule has 2 N–H and O–H groups in total. The smallest absolute Gasteiger partial charge is 0.236 e. The zero-order valence-corrected chi connectivity index (χ0v) is 14.3. The van der Waals surface area contributed by atoms with Crippen LogP contribution >= 0.6 is 0 Å². The van der Waals surface area contributed by atoms with E-state index < -0.39 is 0 Å². The molecule has 0 aromatic heterocycles. The van der Waals surface area contributed by atoms with Crippen LogP contribution in [0.25, 0.3) is 0 Å². The van der Waals surface area contributed by atoms with Crippen LogP contribution in [0.4, 0.5) is 0 Å². The van der Waals surface area contributed by atoms with Gasteiger partial charge in [-0.1, -0.05) is 52.0 Å². The first kappa shape index (κ1) is 17.7. The van der Waals surface area contributed by atoms with Gasteiger partial charge in [-0.3, -0.25) is 10.1 Å². The number of amides is 1. The first-order valence-corrected chi connectivity index (χ1v) is 7.90. The Balaban J connectivity index is 2.63. The number of benzene rings is 1. The minimum Gasteiger partial charge on any atom is -0.355 e. The predicted octanol–water partition coefficient (Wildman–Crippen LogP) is 3.55. The molecule has 0 saturated carbocycles. The van der Waals surface area contributed by atoms with E-state index in [4.69, 9.17) is 0 Å². The molecule has 2 unspecified atom stereocenters. The topological polar surface area (TPSA) is 41.1 Å². The number of nitrogens with one attached hydrogen (secondary N) is 2. The lowest BCUT2D eigenvalue weighted by atomic mass is 9.86. The van der Waals surface area contributed by atoms with Gasteiger partial charge < -0.3 is 5.32 Å². The van der Waals surface area contributed by atoms with E-state index in [2.05, 4.69) is 69.5 Å². The highest BCUT2D eigenvalue weighted by Gasteiger charge is 2.17. The van der Waals surface area contributed by atoms with Crippen LogP contribution in [0.1, 0.15) is 65.1 Å². The molecule has 0 spiro atoms. The second kappa shape index (κ2) is 7.60. The summed E-state index contributed by atoms with van der Waals surface area (Å²) in [6.45, 7) is 13.4. The summed E-state index contributed by atoms with van der Waals surface area (Å²) < 4.78 is 0. The highest BCUT2D eigenvalue weighted by atomic mass is 16.2. The molecule has 0 heterocycles. The van der Waals surface area contributed by atoms with Crippen molar-refractivity contribution in [3.8, 4) is 0 Å². The minimum absolute atomic E-state index is 0.0648. The summed E-state index contributed by atoms with van der Waals surface area (Å²) in [6.07, 6.45) is 0.961. The fraction of sp³-hybridized carbons (Fsp3) is 0.611. The van der Waals surface area contributed by atoms with Crippen LogP contribution in [-0.2, 0) is 10.2 Å². The Kier molecular flexibility index (Phi) is 6.41. The maximum Gasteiger partial charge on any atom is 0.236 e. The first-order chi connectivity index (χ1) is 9.75. The lowest BCUT2D eigenvalue weighted by Gasteiger charge is -2.22. The van der Waals surface area contributed by atoms with E-state index in [1.165, 1.54) is 11.1 Å². The first-order valence-electron chi connectivity index (χ1n) is 7.90. The molecule has 0 fully saturated rings. The van der Waals surface area contributed by atoms with E-state index in [1.807, 2.05) is 6.92 Å². The Morgan fingerprint density at radius 2 is 1.71 bits per heavy atom. The van der Waals surface area contributed by atoms with Gasteiger partial charge in [0.2, 0.25) is 5.91 Å². The summed E-state index contributed by atoms with van der Waals surface area (Å²) in [6, 6.07) is 8.62. The number of hydrogen-bond acceptors (Lipinski definition) is 2. The normalized spacial score (nSPS) is 14.6. The van der Waals surface area contributed by atoms with Gasteiger partial charge in [-0.05, 0) is 36.8 Å². The summed E-state index contributed by atoms with van der Waals surface area (Å²) >= 11 is 0. The molecule has 0 aliphatic carbocycles. The molecule has 2 atom stereocenters. The maximum atomic E-state index is 11.9. The van der Waals surface area contributed by atoms with E-state index >= 15 is 0 Å². The molecule has 1 aromatic rings. The summed E-state index contributed by atoms with van der Waals surface area (Å²) in [5, 5.41) is 6.27. The highest BCUT2D eigenvalue weighted by molar-refractivity contribution is 5.81. The molecule has 0 aliphatic rings. The van der Waals surface area contributed by atoms with Gasteiger partial charge in [0, 0.05) is 12.6 Å². The van der Waals surface area contributed by atoms with Crippen LogP contribution in [0.5, 0.6) is 0 Å². The van der Waals surface area contributed by atoms with Crippen molar-refractivity contribution in [1.82, 2.24) is 10.6 Å². The number of carbonyl (C=O) groups excluding carboxylic acids is 1. The molecule has 1 aromatic carbocycles. The summed E-state index contributed by atoms with van der Waals surface area (Å²) in [4.78, 5) is 11.9. The summed E-state index contributed by atoms with van der Waals surface area (Å²) in [5.74, 6) is 0.0648. The van der Waals surface area contributed by atoms with Crippen LogP contribution in [0.3, 0.4) is 0 Å². The van der Waals surface area contributed by atoms with Crippen LogP contribution in [0.2, 0.25) is 0 Å². The van der Waals surface area contributed by atoms with Gasteiger partial charge >= 0.3 is 0 Å². The van der Waals surface area contributed by atoms with Crippen LogP contribution < -0.4 is 10.6 Å². The van der Waals surface area contributed by atoms with Crippen LogP contribution in [0, 0.1) is 0 Å². The van der Waals surface area contributed by atoms with Crippen molar-refractivity contribution in [3.05, 3.63) is 35.4 Å². The van der Waals surface area contributed by atoms with Crippen molar-refractivity contribution < 1.29 is 4.79 Å². The second-order valence-electron chi connectivity index (χ2n) is 6.77. The van der Waals surface area contributed by atoms with E-state index in [0.29, 0.717) is 0 Å². The SMILES string of the molecule is CCCNC(=O)C(C)NC(C)c1ccc(C(C)(C)C)cc1. The van der Waals surface area contributed by atoms with Gasteiger partial charge in [-0.25, -0.2) is 0 Å². The molecule has 0 radical (unpaired) electrons. The predicted molar refractivity (Wildman–Crippen MR) is 89.5 cm³/mol. The third-order valence-corrected chi connectivity index (χ3v) is 3.72. The number of rotatable bonds is 6. The third-order valence-electron chi connectivity index (χ3n) is 3.72. The zero-order chi connectivity index (χ0) is 16.0. The minimum atomic E-state index is -0.186.